The summed E-state index contributed by atoms with van der Waals surface area (Å²) in [6, 6.07) is 0.819. The van der Waals surface area contributed by atoms with Gasteiger partial charge in [0.1, 0.15) is 0 Å². The lowest BCUT2D eigenvalue weighted by Gasteiger charge is -2.04. The first-order chi connectivity index (χ1) is 7.86. The molecule has 1 saturated carbocycles. The fourth-order valence-electron chi connectivity index (χ4n) is 1.60. The summed E-state index contributed by atoms with van der Waals surface area (Å²) in [7, 11) is 0. The third-order valence-electron chi connectivity index (χ3n) is 2.79. The van der Waals surface area contributed by atoms with Crippen LogP contribution in [0.1, 0.15) is 29.8 Å². The van der Waals surface area contributed by atoms with E-state index in [0.29, 0.717) is 0 Å². The molecule has 1 aliphatic rings. The molecule has 0 spiro atoms. The van der Waals surface area contributed by atoms with Gasteiger partial charge in [-0.15, -0.1) is 11.3 Å². The maximum Gasteiger partial charge on any atom is 0.0797 e. The van der Waals surface area contributed by atoms with E-state index in [1.54, 1.807) is 11.3 Å². The van der Waals surface area contributed by atoms with E-state index < -0.39 is 0 Å². The van der Waals surface area contributed by atoms with Gasteiger partial charge in [-0.1, -0.05) is 0 Å². The smallest absolute Gasteiger partial charge is 0.0797 e. The van der Waals surface area contributed by atoms with Crippen LogP contribution in [0.5, 0.6) is 0 Å². The first-order valence-electron chi connectivity index (χ1n) is 6.06. The van der Waals surface area contributed by atoms with Gasteiger partial charge >= 0.3 is 0 Å². The van der Waals surface area contributed by atoms with Crippen molar-refractivity contribution in [2.45, 2.75) is 38.6 Å². The number of thiazole rings is 1. The van der Waals surface area contributed by atoms with Gasteiger partial charge in [-0.2, -0.15) is 0 Å². The van der Waals surface area contributed by atoms with Crippen LogP contribution in [0.15, 0.2) is 5.51 Å². The minimum absolute atomic E-state index is 0.819. The molecule has 0 amide bonds. The summed E-state index contributed by atoms with van der Waals surface area (Å²) in [5.74, 6) is 0. The molecule has 1 fully saturated rings. The molecule has 1 aromatic rings. The highest BCUT2D eigenvalue weighted by Gasteiger charge is 2.19. The van der Waals surface area contributed by atoms with Gasteiger partial charge in [0, 0.05) is 23.9 Å². The van der Waals surface area contributed by atoms with E-state index >= 15 is 0 Å². The Bertz CT molecular complexity index is 310. The van der Waals surface area contributed by atoms with Crippen molar-refractivity contribution in [1.29, 1.82) is 0 Å². The molecule has 1 aromatic heterocycles. The van der Waals surface area contributed by atoms with Gasteiger partial charge in [0.2, 0.25) is 0 Å². The molecule has 1 heterocycles. The van der Waals surface area contributed by atoms with Crippen LogP contribution in [0.25, 0.3) is 0 Å². The van der Waals surface area contributed by atoms with Crippen molar-refractivity contribution in [2.75, 3.05) is 19.8 Å². The van der Waals surface area contributed by atoms with E-state index in [2.05, 4.69) is 17.2 Å². The summed E-state index contributed by atoms with van der Waals surface area (Å²) < 4.78 is 5.60. The molecular formula is C12H20N2OS. The number of hydrogen-bond acceptors (Lipinski definition) is 4. The molecule has 0 unspecified atom stereocenters. The van der Waals surface area contributed by atoms with Crippen LogP contribution in [0, 0.1) is 6.92 Å². The molecule has 0 bridgehead atoms. The van der Waals surface area contributed by atoms with E-state index in [-0.39, 0.29) is 0 Å². The topological polar surface area (TPSA) is 34.1 Å². The summed E-state index contributed by atoms with van der Waals surface area (Å²) >= 11 is 1.73. The van der Waals surface area contributed by atoms with Gasteiger partial charge in [0.05, 0.1) is 17.8 Å². The summed E-state index contributed by atoms with van der Waals surface area (Å²) in [4.78, 5) is 5.58. The predicted molar refractivity (Wildman–Crippen MR) is 67.0 cm³/mol. The number of aryl methyl sites for hydroxylation is 1. The van der Waals surface area contributed by atoms with Gasteiger partial charge in [0.25, 0.3) is 0 Å². The van der Waals surface area contributed by atoms with Crippen LogP contribution in [0.4, 0.5) is 0 Å². The standard InChI is InChI=1S/C12H20N2OS/c1-10-12(16-9-14-10)5-8-15-7-2-6-13-11-3-4-11/h9,11,13H,2-8H2,1H3. The van der Waals surface area contributed by atoms with Gasteiger partial charge in [-0.25, -0.2) is 4.98 Å². The molecule has 16 heavy (non-hydrogen) atoms. The van der Waals surface area contributed by atoms with Crippen LogP contribution in [0.2, 0.25) is 0 Å². The van der Waals surface area contributed by atoms with Crippen molar-refractivity contribution >= 4 is 11.3 Å². The average molecular weight is 240 g/mol. The minimum Gasteiger partial charge on any atom is -0.381 e. The second-order valence-electron chi connectivity index (χ2n) is 4.31. The third kappa shape index (κ3) is 4.20. The van der Waals surface area contributed by atoms with Crippen molar-refractivity contribution in [3.05, 3.63) is 16.1 Å². The fraction of sp³-hybridized carbons (Fsp3) is 0.750. The maximum absolute atomic E-state index is 5.60. The number of rotatable bonds is 8. The maximum atomic E-state index is 5.60. The van der Waals surface area contributed by atoms with Crippen LogP contribution < -0.4 is 5.32 Å². The molecule has 1 aliphatic carbocycles. The van der Waals surface area contributed by atoms with E-state index in [4.69, 9.17) is 4.74 Å². The zero-order chi connectivity index (χ0) is 11.2. The molecule has 0 radical (unpaired) electrons. The molecule has 1 N–H and O–H groups in total. The number of nitrogens with one attached hydrogen (secondary N) is 1. The second-order valence-corrected chi connectivity index (χ2v) is 5.24. The Morgan fingerprint density at radius 3 is 3.06 bits per heavy atom. The minimum atomic E-state index is 0.819. The van der Waals surface area contributed by atoms with Crippen molar-refractivity contribution in [3.63, 3.8) is 0 Å². The Morgan fingerprint density at radius 2 is 2.38 bits per heavy atom. The molecular weight excluding hydrogens is 220 g/mol. The third-order valence-corrected chi connectivity index (χ3v) is 3.79. The number of nitrogens with zero attached hydrogens (tertiary/aromatic N) is 1. The summed E-state index contributed by atoms with van der Waals surface area (Å²) in [6.45, 7) is 4.86. The van der Waals surface area contributed by atoms with Gasteiger partial charge in [-0.05, 0) is 32.7 Å². The van der Waals surface area contributed by atoms with E-state index in [1.165, 1.54) is 17.7 Å². The lowest BCUT2D eigenvalue weighted by atomic mass is 10.3. The molecule has 4 heteroatoms. The molecule has 90 valence electrons. The Labute approximate surface area is 101 Å². The quantitative estimate of drug-likeness (QED) is 0.707. The molecule has 0 aromatic carbocycles. The van der Waals surface area contributed by atoms with Gasteiger partial charge < -0.3 is 10.1 Å². The average Bonchev–Trinajstić information content (AvgIpc) is 3.01. The summed E-state index contributed by atoms with van der Waals surface area (Å²) in [5, 5.41) is 3.48. The second kappa shape index (κ2) is 6.33. The van der Waals surface area contributed by atoms with Crippen LogP contribution in [-0.2, 0) is 11.2 Å². The largest absolute Gasteiger partial charge is 0.381 e. The van der Waals surface area contributed by atoms with Crippen molar-refractivity contribution in [3.8, 4) is 0 Å². The van der Waals surface area contributed by atoms with Gasteiger partial charge in [0.15, 0.2) is 0 Å². The molecule has 0 aliphatic heterocycles. The lowest BCUT2D eigenvalue weighted by molar-refractivity contribution is 0.135. The van der Waals surface area contributed by atoms with Crippen LogP contribution >= 0.6 is 11.3 Å². The molecule has 2 rings (SSSR count). The van der Waals surface area contributed by atoms with Crippen molar-refractivity contribution in [1.82, 2.24) is 10.3 Å². The summed E-state index contributed by atoms with van der Waals surface area (Å²) in [6.07, 6.45) is 4.86. The van der Waals surface area contributed by atoms with Crippen molar-refractivity contribution < 1.29 is 4.74 Å². The first-order valence-corrected chi connectivity index (χ1v) is 6.94. The van der Waals surface area contributed by atoms with E-state index in [1.807, 2.05) is 5.51 Å². The normalized spacial score (nSPS) is 15.6. The first kappa shape index (κ1) is 12.0. The fourth-order valence-corrected chi connectivity index (χ4v) is 2.36. The highest BCUT2D eigenvalue weighted by Crippen LogP contribution is 2.18. The molecule has 0 saturated heterocycles. The number of aromatic nitrogens is 1. The predicted octanol–water partition coefficient (Wildman–Crippen LogP) is 2.15. The highest BCUT2D eigenvalue weighted by molar-refractivity contribution is 7.09. The number of ether oxygens (including phenoxy) is 1. The Hall–Kier alpha value is -0.450. The zero-order valence-corrected chi connectivity index (χ0v) is 10.7. The monoisotopic (exact) mass is 240 g/mol. The van der Waals surface area contributed by atoms with Gasteiger partial charge in [-0.3, -0.25) is 0 Å². The lowest BCUT2D eigenvalue weighted by Crippen LogP contribution is -2.19. The Kier molecular flexibility index (Phi) is 4.75. The van der Waals surface area contributed by atoms with Crippen molar-refractivity contribution in [2.24, 2.45) is 0 Å². The van der Waals surface area contributed by atoms with Crippen LogP contribution in [-0.4, -0.2) is 30.8 Å². The zero-order valence-electron chi connectivity index (χ0n) is 9.87. The Balaban J connectivity index is 1.44. The summed E-state index contributed by atoms with van der Waals surface area (Å²) in [5.41, 5.74) is 3.06. The highest BCUT2D eigenvalue weighted by atomic mass is 32.1. The number of hydrogen-bond donors (Lipinski definition) is 1. The Morgan fingerprint density at radius 1 is 1.50 bits per heavy atom. The van der Waals surface area contributed by atoms with Crippen LogP contribution in [0.3, 0.4) is 0 Å². The SMILES string of the molecule is Cc1ncsc1CCOCCCNC1CC1. The molecule has 0 atom stereocenters. The van der Waals surface area contributed by atoms with E-state index in [0.717, 1.165) is 44.3 Å². The molecule has 3 nitrogen and oxygen atoms in total. The van der Waals surface area contributed by atoms with E-state index in [9.17, 15) is 0 Å².